The lowest BCUT2D eigenvalue weighted by Crippen LogP contribution is -2.37. The molecule has 90 valence electrons. The minimum atomic E-state index is 0.192. The van der Waals surface area contributed by atoms with E-state index in [2.05, 4.69) is 43.3 Å². The molecule has 1 aliphatic rings. The fraction of sp³-hybridized carbons (Fsp3) is 0.692. The fourth-order valence-electron chi connectivity index (χ4n) is 2.47. The number of rotatable bonds is 5. The summed E-state index contributed by atoms with van der Waals surface area (Å²) in [7, 11) is 2.21. The van der Waals surface area contributed by atoms with Crippen molar-refractivity contribution in [1.82, 2.24) is 4.90 Å². The zero-order valence-electron chi connectivity index (χ0n) is 10.4. The Morgan fingerprint density at radius 1 is 1.62 bits per heavy atom. The first-order valence-corrected chi connectivity index (χ1v) is 6.96. The van der Waals surface area contributed by atoms with E-state index in [0.29, 0.717) is 6.04 Å². The lowest BCUT2D eigenvalue weighted by Gasteiger charge is -2.30. The smallest absolute Gasteiger partial charge is 0.0588 e. The molecule has 0 bridgehead atoms. The van der Waals surface area contributed by atoms with E-state index in [4.69, 9.17) is 5.73 Å². The van der Waals surface area contributed by atoms with Crippen LogP contribution in [0, 0.1) is 11.8 Å². The Morgan fingerprint density at radius 3 is 2.75 bits per heavy atom. The molecule has 4 unspecified atom stereocenters. The molecule has 0 saturated heterocycles. The summed E-state index contributed by atoms with van der Waals surface area (Å²) < 4.78 is 0. The maximum atomic E-state index is 6.12. The monoisotopic (exact) mass is 238 g/mol. The first kappa shape index (κ1) is 12.1. The molecule has 0 aliphatic heterocycles. The van der Waals surface area contributed by atoms with E-state index in [1.165, 1.54) is 17.8 Å². The topological polar surface area (TPSA) is 29.3 Å². The van der Waals surface area contributed by atoms with Crippen molar-refractivity contribution in [1.29, 1.82) is 0 Å². The zero-order valence-corrected chi connectivity index (χ0v) is 11.2. The molecule has 1 saturated carbocycles. The average Bonchev–Trinajstić information content (AvgIpc) is 2.68. The van der Waals surface area contributed by atoms with Gasteiger partial charge in [0.25, 0.3) is 0 Å². The van der Waals surface area contributed by atoms with Gasteiger partial charge in [-0.05, 0) is 43.7 Å². The Labute approximate surface area is 102 Å². The second-order valence-corrected chi connectivity index (χ2v) is 6.21. The standard InChI is InChI=1S/C13H22N2S/c1-9-7-11(9)8-15(3)13(10(2)14)12-5-4-6-16-12/h4-6,9-11,13H,7-8,14H2,1-3H3. The third kappa shape index (κ3) is 2.65. The van der Waals surface area contributed by atoms with Crippen LogP contribution in [-0.2, 0) is 0 Å². The maximum Gasteiger partial charge on any atom is 0.0588 e. The minimum Gasteiger partial charge on any atom is -0.326 e. The molecule has 2 nitrogen and oxygen atoms in total. The molecular formula is C13H22N2S. The third-order valence-electron chi connectivity index (χ3n) is 3.61. The van der Waals surface area contributed by atoms with Crippen molar-refractivity contribution in [3.63, 3.8) is 0 Å². The van der Waals surface area contributed by atoms with Crippen molar-refractivity contribution >= 4 is 11.3 Å². The molecule has 0 amide bonds. The van der Waals surface area contributed by atoms with Crippen LogP contribution >= 0.6 is 11.3 Å². The molecule has 0 aromatic carbocycles. The van der Waals surface area contributed by atoms with Crippen LogP contribution in [-0.4, -0.2) is 24.5 Å². The van der Waals surface area contributed by atoms with Crippen LogP contribution < -0.4 is 5.73 Å². The number of likely N-dealkylation sites (N-methyl/N-ethyl adjacent to an activating group) is 1. The normalized spacial score (nSPS) is 28.1. The molecular weight excluding hydrogens is 216 g/mol. The highest BCUT2D eigenvalue weighted by atomic mass is 32.1. The van der Waals surface area contributed by atoms with Crippen LogP contribution in [0.1, 0.15) is 31.2 Å². The summed E-state index contributed by atoms with van der Waals surface area (Å²) in [6.07, 6.45) is 1.39. The Kier molecular flexibility index (Phi) is 3.67. The largest absolute Gasteiger partial charge is 0.326 e. The van der Waals surface area contributed by atoms with Crippen LogP contribution in [0.4, 0.5) is 0 Å². The van der Waals surface area contributed by atoms with Crippen molar-refractivity contribution in [2.24, 2.45) is 17.6 Å². The Balaban J connectivity index is 2.01. The lowest BCUT2D eigenvalue weighted by atomic mass is 10.1. The fourth-order valence-corrected chi connectivity index (χ4v) is 3.48. The maximum absolute atomic E-state index is 6.12. The van der Waals surface area contributed by atoms with Crippen molar-refractivity contribution in [3.05, 3.63) is 22.4 Å². The van der Waals surface area contributed by atoms with Gasteiger partial charge < -0.3 is 5.73 Å². The van der Waals surface area contributed by atoms with Gasteiger partial charge in [-0.2, -0.15) is 0 Å². The van der Waals surface area contributed by atoms with Gasteiger partial charge in [0.1, 0.15) is 0 Å². The molecule has 1 aromatic rings. The minimum absolute atomic E-state index is 0.192. The zero-order chi connectivity index (χ0) is 11.7. The highest BCUT2D eigenvalue weighted by Gasteiger charge is 2.35. The van der Waals surface area contributed by atoms with Gasteiger partial charge >= 0.3 is 0 Å². The number of hydrogen-bond donors (Lipinski definition) is 1. The van der Waals surface area contributed by atoms with Crippen LogP contribution in [0.5, 0.6) is 0 Å². The molecule has 16 heavy (non-hydrogen) atoms. The summed E-state index contributed by atoms with van der Waals surface area (Å²) in [5.41, 5.74) is 6.12. The summed E-state index contributed by atoms with van der Waals surface area (Å²) in [5, 5.41) is 2.14. The molecule has 2 N–H and O–H groups in total. The number of thiophene rings is 1. The molecule has 1 heterocycles. The van der Waals surface area contributed by atoms with Crippen molar-refractivity contribution in [2.75, 3.05) is 13.6 Å². The van der Waals surface area contributed by atoms with E-state index in [-0.39, 0.29) is 6.04 Å². The molecule has 3 heteroatoms. The quantitative estimate of drug-likeness (QED) is 0.854. The molecule has 2 rings (SSSR count). The van der Waals surface area contributed by atoms with Crippen molar-refractivity contribution in [2.45, 2.75) is 32.4 Å². The Bertz CT molecular complexity index is 321. The summed E-state index contributed by atoms with van der Waals surface area (Å²) >= 11 is 1.81. The molecule has 0 spiro atoms. The van der Waals surface area contributed by atoms with Gasteiger partial charge in [0.15, 0.2) is 0 Å². The third-order valence-corrected chi connectivity index (χ3v) is 4.55. The van der Waals surface area contributed by atoms with Crippen LogP contribution in [0.15, 0.2) is 17.5 Å². The lowest BCUT2D eigenvalue weighted by molar-refractivity contribution is 0.211. The van der Waals surface area contributed by atoms with Crippen LogP contribution in [0.25, 0.3) is 0 Å². The Hall–Kier alpha value is -0.380. The number of nitrogens with zero attached hydrogens (tertiary/aromatic N) is 1. The molecule has 1 aromatic heterocycles. The van der Waals surface area contributed by atoms with Gasteiger partial charge in [-0.25, -0.2) is 0 Å². The van der Waals surface area contributed by atoms with Gasteiger partial charge in [-0.1, -0.05) is 13.0 Å². The molecule has 1 aliphatic carbocycles. The Morgan fingerprint density at radius 2 is 2.31 bits per heavy atom. The van der Waals surface area contributed by atoms with E-state index in [1.54, 1.807) is 0 Å². The molecule has 1 fully saturated rings. The second-order valence-electron chi connectivity index (χ2n) is 5.23. The van der Waals surface area contributed by atoms with E-state index < -0.39 is 0 Å². The van der Waals surface area contributed by atoms with E-state index >= 15 is 0 Å². The summed E-state index contributed by atoms with van der Waals surface area (Å²) in [6, 6.07) is 4.89. The SMILES string of the molecule is CC(N)C(c1cccs1)N(C)CC1CC1C. The van der Waals surface area contributed by atoms with E-state index in [1.807, 2.05) is 11.3 Å². The molecule has 0 radical (unpaired) electrons. The molecule has 4 atom stereocenters. The highest BCUT2D eigenvalue weighted by Crippen LogP contribution is 2.39. The predicted octanol–water partition coefficient (Wildman–Crippen LogP) is 2.72. The van der Waals surface area contributed by atoms with E-state index in [9.17, 15) is 0 Å². The van der Waals surface area contributed by atoms with Crippen molar-refractivity contribution in [3.8, 4) is 0 Å². The average molecular weight is 238 g/mol. The highest BCUT2D eigenvalue weighted by molar-refractivity contribution is 7.10. The van der Waals surface area contributed by atoms with Crippen molar-refractivity contribution < 1.29 is 0 Å². The van der Waals surface area contributed by atoms with Gasteiger partial charge in [0, 0.05) is 17.5 Å². The first-order valence-electron chi connectivity index (χ1n) is 6.08. The predicted molar refractivity (Wildman–Crippen MR) is 70.6 cm³/mol. The van der Waals surface area contributed by atoms with Gasteiger partial charge in [0.2, 0.25) is 0 Å². The number of hydrogen-bond acceptors (Lipinski definition) is 3. The van der Waals surface area contributed by atoms with Crippen LogP contribution in [0.3, 0.4) is 0 Å². The van der Waals surface area contributed by atoms with Gasteiger partial charge in [-0.15, -0.1) is 11.3 Å². The summed E-state index contributed by atoms with van der Waals surface area (Å²) in [4.78, 5) is 3.83. The summed E-state index contributed by atoms with van der Waals surface area (Å²) in [6.45, 7) is 5.63. The summed E-state index contributed by atoms with van der Waals surface area (Å²) in [5.74, 6) is 1.81. The van der Waals surface area contributed by atoms with Gasteiger partial charge in [-0.3, -0.25) is 4.90 Å². The first-order chi connectivity index (χ1) is 7.59. The van der Waals surface area contributed by atoms with Gasteiger partial charge in [0.05, 0.1) is 6.04 Å². The van der Waals surface area contributed by atoms with Crippen LogP contribution in [0.2, 0.25) is 0 Å². The second kappa shape index (κ2) is 4.86. The number of nitrogens with two attached hydrogens (primary N) is 1. The van der Waals surface area contributed by atoms with E-state index in [0.717, 1.165) is 11.8 Å².